The summed E-state index contributed by atoms with van der Waals surface area (Å²) < 4.78 is 5.46. The zero-order chi connectivity index (χ0) is 14.2. The van der Waals surface area contributed by atoms with E-state index in [2.05, 4.69) is 10.3 Å². The van der Waals surface area contributed by atoms with E-state index in [1.807, 2.05) is 24.3 Å². The topological polar surface area (TPSA) is 54.4 Å². The third kappa shape index (κ3) is 5.17. The lowest BCUT2D eigenvalue weighted by atomic mass is 10.3. The minimum absolute atomic E-state index is 0.223. The molecule has 1 unspecified atom stereocenters. The van der Waals surface area contributed by atoms with Crippen LogP contribution in [-0.4, -0.2) is 29.3 Å². The number of aromatic nitrogens is 1. The molecule has 0 saturated carbocycles. The maximum absolute atomic E-state index is 9.82. The Hall–Kier alpha value is -1.62. The van der Waals surface area contributed by atoms with E-state index in [4.69, 9.17) is 16.3 Å². The van der Waals surface area contributed by atoms with Gasteiger partial charge in [0.15, 0.2) is 0 Å². The number of hydrogen-bond acceptors (Lipinski definition) is 4. The predicted octanol–water partition coefficient (Wildman–Crippen LogP) is 2.26. The molecule has 0 amide bonds. The first-order valence-electron chi connectivity index (χ1n) is 6.40. The van der Waals surface area contributed by atoms with Gasteiger partial charge in [-0.2, -0.15) is 0 Å². The molecule has 0 fully saturated rings. The molecule has 1 aromatic carbocycles. The highest BCUT2D eigenvalue weighted by Gasteiger charge is 2.05. The average molecular weight is 293 g/mol. The lowest BCUT2D eigenvalue weighted by Gasteiger charge is -2.13. The Bertz CT molecular complexity index is 522. The van der Waals surface area contributed by atoms with Crippen LogP contribution in [0, 0.1) is 0 Å². The standard InChI is InChI=1S/C15H17ClN2O2/c16-13-4-1-5-15(7-13)20-11-14(19)10-18-9-12-3-2-6-17-8-12/h1-8,14,18-19H,9-11H2. The maximum Gasteiger partial charge on any atom is 0.120 e. The molecule has 1 heterocycles. The Morgan fingerprint density at radius 1 is 1.30 bits per heavy atom. The molecule has 20 heavy (non-hydrogen) atoms. The van der Waals surface area contributed by atoms with Crippen LogP contribution in [0.25, 0.3) is 0 Å². The van der Waals surface area contributed by atoms with Crippen LogP contribution in [0.3, 0.4) is 0 Å². The maximum atomic E-state index is 9.82. The number of ether oxygens (including phenoxy) is 1. The SMILES string of the molecule is OC(CNCc1cccnc1)COc1cccc(Cl)c1. The van der Waals surface area contributed by atoms with Crippen molar-refractivity contribution in [3.8, 4) is 5.75 Å². The molecule has 1 atom stereocenters. The normalized spacial score (nSPS) is 12.1. The van der Waals surface area contributed by atoms with Crippen molar-refractivity contribution in [2.24, 2.45) is 0 Å². The van der Waals surface area contributed by atoms with Crippen molar-refractivity contribution < 1.29 is 9.84 Å². The van der Waals surface area contributed by atoms with Gasteiger partial charge in [-0.1, -0.05) is 23.7 Å². The van der Waals surface area contributed by atoms with E-state index in [1.54, 1.807) is 24.5 Å². The number of hydrogen-bond donors (Lipinski definition) is 2. The quantitative estimate of drug-likeness (QED) is 0.822. The minimum Gasteiger partial charge on any atom is -0.491 e. The number of pyridine rings is 1. The number of nitrogens with zero attached hydrogens (tertiary/aromatic N) is 1. The van der Waals surface area contributed by atoms with Gasteiger partial charge in [-0.15, -0.1) is 0 Å². The molecule has 0 bridgehead atoms. The zero-order valence-electron chi connectivity index (χ0n) is 11.0. The smallest absolute Gasteiger partial charge is 0.120 e. The van der Waals surface area contributed by atoms with Crippen molar-refractivity contribution in [1.29, 1.82) is 0 Å². The number of nitrogens with one attached hydrogen (secondary N) is 1. The van der Waals surface area contributed by atoms with Crippen molar-refractivity contribution in [3.63, 3.8) is 0 Å². The molecule has 2 rings (SSSR count). The van der Waals surface area contributed by atoms with Crippen LogP contribution in [0.4, 0.5) is 0 Å². The molecular formula is C15H17ClN2O2. The molecular weight excluding hydrogens is 276 g/mol. The summed E-state index contributed by atoms with van der Waals surface area (Å²) in [6, 6.07) is 11.0. The highest BCUT2D eigenvalue weighted by molar-refractivity contribution is 6.30. The Balaban J connectivity index is 1.67. The molecule has 2 N–H and O–H groups in total. The number of benzene rings is 1. The van der Waals surface area contributed by atoms with Gasteiger partial charge in [0.1, 0.15) is 18.5 Å². The van der Waals surface area contributed by atoms with Gasteiger partial charge < -0.3 is 15.2 Å². The Morgan fingerprint density at radius 3 is 2.95 bits per heavy atom. The molecule has 5 heteroatoms. The molecule has 0 aliphatic rings. The molecule has 0 aliphatic heterocycles. The summed E-state index contributed by atoms with van der Waals surface area (Å²) in [7, 11) is 0. The van der Waals surface area contributed by atoms with Gasteiger partial charge in [0.2, 0.25) is 0 Å². The summed E-state index contributed by atoms with van der Waals surface area (Å²) >= 11 is 5.85. The second-order valence-corrected chi connectivity index (χ2v) is 4.85. The molecule has 1 aromatic heterocycles. The highest BCUT2D eigenvalue weighted by atomic mass is 35.5. The lowest BCUT2D eigenvalue weighted by molar-refractivity contribution is 0.106. The van der Waals surface area contributed by atoms with Gasteiger partial charge >= 0.3 is 0 Å². The van der Waals surface area contributed by atoms with E-state index in [-0.39, 0.29) is 6.61 Å². The summed E-state index contributed by atoms with van der Waals surface area (Å²) in [5, 5.41) is 13.6. The fourth-order valence-electron chi connectivity index (χ4n) is 1.69. The van der Waals surface area contributed by atoms with Gasteiger partial charge in [0.05, 0.1) is 0 Å². The number of rotatable bonds is 7. The van der Waals surface area contributed by atoms with Crippen molar-refractivity contribution in [1.82, 2.24) is 10.3 Å². The Labute approximate surface area is 123 Å². The third-order valence-electron chi connectivity index (χ3n) is 2.67. The molecule has 106 valence electrons. The minimum atomic E-state index is -0.578. The highest BCUT2D eigenvalue weighted by Crippen LogP contribution is 2.17. The monoisotopic (exact) mass is 292 g/mol. The summed E-state index contributed by atoms with van der Waals surface area (Å²) in [6.45, 7) is 1.35. The second-order valence-electron chi connectivity index (χ2n) is 4.41. The van der Waals surface area contributed by atoms with Crippen LogP contribution in [0.5, 0.6) is 5.75 Å². The number of halogens is 1. The average Bonchev–Trinajstić information content (AvgIpc) is 2.46. The van der Waals surface area contributed by atoms with Crippen LogP contribution in [0.1, 0.15) is 5.56 Å². The van der Waals surface area contributed by atoms with E-state index in [0.717, 1.165) is 5.56 Å². The molecule has 2 aromatic rings. The molecule has 0 radical (unpaired) electrons. The lowest BCUT2D eigenvalue weighted by Crippen LogP contribution is -2.31. The van der Waals surface area contributed by atoms with Crippen molar-refractivity contribution >= 4 is 11.6 Å². The van der Waals surface area contributed by atoms with E-state index < -0.39 is 6.10 Å². The van der Waals surface area contributed by atoms with Crippen LogP contribution in [0.15, 0.2) is 48.8 Å². The van der Waals surface area contributed by atoms with Crippen molar-refractivity contribution in [3.05, 3.63) is 59.4 Å². The largest absolute Gasteiger partial charge is 0.491 e. The Morgan fingerprint density at radius 2 is 2.20 bits per heavy atom. The van der Waals surface area contributed by atoms with Gasteiger partial charge in [-0.25, -0.2) is 0 Å². The van der Waals surface area contributed by atoms with E-state index in [1.165, 1.54) is 0 Å². The summed E-state index contributed by atoms with van der Waals surface area (Å²) in [5.74, 6) is 0.656. The number of aliphatic hydroxyl groups excluding tert-OH is 1. The number of aliphatic hydroxyl groups is 1. The van der Waals surface area contributed by atoms with Gasteiger partial charge in [-0.3, -0.25) is 4.98 Å². The molecule has 4 nitrogen and oxygen atoms in total. The molecule has 0 spiro atoms. The first kappa shape index (κ1) is 14.8. The predicted molar refractivity (Wildman–Crippen MR) is 78.9 cm³/mol. The van der Waals surface area contributed by atoms with Crippen LogP contribution in [-0.2, 0) is 6.54 Å². The molecule has 0 saturated heterocycles. The van der Waals surface area contributed by atoms with Gasteiger partial charge in [0.25, 0.3) is 0 Å². The summed E-state index contributed by atoms with van der Waals surface area (Å²) in [5.41, 5.74) is 1.08. The van der Waals surface area contributed by atoms with E-state index in [9.17, 15) is 5.11 Å². The molecule has 0 aliphatic carbocycles. The van der Waals surface area contributed by atoms with Crippen LogP contribution in [0.2, 0.25) is 5.02 Å². The second kappa shape index (κ2) is 7.85. The van der Waals surface area contributed by atoms with Crippen LogP contribution >= 0.6 is 11.6 Å². The first-order chi connectivity index (χ1) is 9.74. The van der Waals surface area contributed by atoms with Gasteiger partial charge in [0, 0.05) is 30.5 Å². The Kier molecular flexibility index (Phi) is 5.80. The van der Waals surface area contributed by atoms with Gasteiger partial charge in [-0.05, 0) is 29.8 Å². The van der Waals surface area contributed by atoms with Crippen LogP contribution < -0.4 is 10.1 Å². The fourth-order valence-corrected chi connectivity index (χ4v) is 1.87. The third-order valence-corrected chi connectivity index (χ3v) is 2.91. The first-order valence-corrected chi connectivity index (χ1v) is 6.78. The summed E-state index contributed by atoms with van der Waals surface area (Å²) in [4.78, 5) is 4.03. The zero-order valence-corrected chi connectivity index (χ0v) is 11.8. The van der Waals surface area contributed by atoms with E-state index in [0.29, 0.717) is 23.9 Å². The van der Waals surface area contributed by atoms with E-state index >= 15 is 0 Å². The van der Waals surface area contributed by atoms with Crippen molar-refractivity contribution in [2.45, 2.75) is 12.6 Å². The fraction of sp³-hybridized carbons (Fsp3) is 0.267. The summed E-state index contributed by atoms with van der Waals surface area (Å²) in [6.07, 6.45) is 2.95. The van der Waals surface area contributed by atoms with Crippen molar-refractivity contribution in [2.75, 3.05) is 13.2 Å².